The molecule has 0 aliphatic rings. The summed E-state index contributed by atoms with van der Waals surface area (Å²) in [7, 11) is -3.67. The number of ether oxygens (including phenoxy) is 2. The molecule has 8 heteroatoms. The predicted octanol–water partition coefficient (Wildman–Crippen LogP) is 3.49. The van der Waals surface area contributed by atoms with E-state index in [9.17, 15) is 13.2 Å². The van der Waals surface area contributed by atoms with Gasteiger partial charge in [0.2, 0.25) is 10.0 Å². The molecule has 0 spiro atoms. The van der Waals surface area contributed by atoms with Gasteiger partial charge in [0.05, 0.1) is 18.1 Å². The molecular weight excluding hydrogens is 416 g/mol. The summed E-state index contributed by atoms with van der Waals surface area (Å²) in [6, 6.07) is 11.6. The zero-order chi connectivity index (χ0) is 22.9. The van der Waals surface area contributed by atoms with Crippen LogP contribution in [0.3, 0.4) is 0 Å². The SMILES string of the molecule is CCOc1ccc(CCNS(=O)(=O)c2ccc(C(=O)N(CC)CC)cc2)cc1OCC. The average molecular weight is 449 g/mol. The van der Waals surface area contributed by atoms with Gasteiger partial charge in [-0.1, -0.05) is 6.07 Å². The van der Waals surface area contributed by atoms with Crippen LogP contribution in [0.15, 0.2) is 47.4 Å². The van der Waals surface area contributed by atoms with E-state index >= 15 is 0 Å². The van der Waals surface area contributed by atoms with Crippen LogP contribution in [0, 0.1) is 0 Å². The van der Waals surface area contributed by atoms with Crippen LogP contribution in [0.5, 0.6) is 11.5 Å². The van der Waals surface area contributed by atoms with E-state index in [-0.39, 0.29) is 17.3 Å². The number of nitrogens with zero attached hydrogens (tertiary/aromatic N) is 1. The Morgan fingerprint density at radius 2 is 1.52 bits per heavy atom. The summed E-state index contributed by atoms with van der Waals surface area (Å²) in [4.78, 5) is 14.2. The molecule has 7 nitrogen and oxygen atoms in total. The van der Waals surface area contributed by atoms with E-state index in [4.69, 9.17) is 9.47 Å². The highest BCUT2D eigenvalue weighted by atomic mass is 32.2. The van der Waals surface area contributed by atoms with Crippen LogP contribution in [0.25, 0.3) is 0 Å². The van der Waals surface area contributed by atoms with E-state index in [2.05, 4.69) is 4.72 Å². The quantitative estimate of drug-likeness (QED) is 0.537. The Hall–Kier alpha value is -2.58. The van der Waals surface area contributed by atoms with Crippen LogP contribution < -0.4 is 14.2 Å². The number of carbonyl (C=O) groups excluding carboxylic acids is 1. The number of amides is 1. The fourth-order valence-electron chi connectivity index (χ4n) is 3.13. The Kier molecular flexibility index (Phi) is 9.33. The van der Waals surface area contributed by atoms with Crippen LogP contribution in [0.2, 0.25) is 0 Å². The summed E-state index contributed by atoms with van der Waals surface area (Å²) >= 11 is 0. The maximum Gasteiger partial charge on any atom is 0.253 e. The molecule has 2 aromatic carbocycles. The number of carbonyl (C=O) groups is 1. The number of benzene rings is 2. The molecule has 2 aromatic rings. The van der Waals surface area contributed by atoms with Gasteiger partial charge < -0.3 is 14.4 Å². The van der Waals surface area contributed by atoms with Gasteiger partial charge in [-0.05, 0) is 76.1 Å². The Morgan fingerprint density at radius 1 is 0.903 bits per heavy atom. The molecule has 2 rings (SSSR count). The maximum atomic E-state index is 12.6. The Labute approximate surface area is 185 Å². The third-order valence-corrected chi connectivity index (χ3v) is 6.25. The summed E-state index contributed by atoms with van der Waals surface area (Å²) in [5, 5.41) is 0. The predicted molar refractivity (Wildman–Crippen MR) is 121 cm³/mol. The van der Waals surface area contributed by atoms with Gasteiger partial charge in [-0.25, -0.2) is 13.1 Å². The average Bonchev–Trinajstić information content (AvgIpc) is 2.76. The van der Waals surface area contributed by atoms with Crippen LogP contribution >= 0.6 is 0 Å². The number of hydrogen-bond acceptors (Lipinski definition) is 5. The van der Waals surface area contributed by atoms with Crippen molar-refractivity contribution in [3.05, 3.63) is 53.6 Å². The van der Waals surface area contributed by atoms with Gasteiger partial charge in [-0.2, -0.15) is 0 Å². The Morgan fingerprint density at radius 3 is 2.10 bits per heavy atom. The first-order chi connectivity index (χ1) is 14.9. The maximum absolute atomic E-state index is 12.6. The molecule has 0 aromatic heterocycles. The number of rotatable bonds is 12. The van der Waals surface area contributed by atoms with E-state index in [1.807, 2.05) is 45.9 Å². The third-order valence-electron chi connectivity index (χ3n) is 4.78. The van der Waals surface area contributed by atoms with Crippen LogP contribution in [-0.4, -0.2) is 52.1 Å². The minimum Gasteiger partial charge on any atom is -0.490 e. The summed E-state index contributed by atoms with van der Waals surface area (Å²) in [5.74, 6) is 1.22. The molecule has 0 aliphatic heterocycles. The minimum atomic E-state index is -3.67. The highest BCUT2D eigenvalue weighted by molar-refractivity contribution is 7.89. The summed E-state index contributed by atoms with van der Waals surface area (Å²) in [5.41, 5.74) is 1.41. The zero-order valence-corrected chi connectivity index (χ0v) is 19.5. The monoisotopic (exact) mass is 448 g/mol. The second kappa shape index (κ2) is 11.7. The van der Waals surface area contributed by atoms with Crippen molar-refractivity contribution < 1.29 is 22.7 Å². The lowest BCUT2D eigenvalue weighted by molar-refractivity contribution is 0.0773. The third kappa shape index (κ3) is 6.70. The highest BCUT2D eigenvalue weighted by Crippen LogP contribution is 2.28. The fourth-order valence-corrected chi connectivity index (χ4v) is 4.17. The molecule has 0 saturated heterocycles. The molecule has 0 heterocycles. The number of hydrogen-bond donors (Lipinski definition) is 1. The van der Waals surface area contributed by atoms with Crippen molar-refractivity contribution in [3.63, 3.8) is 0 Å². The van der Waals surface area contributed by atoms with Gasteiger partial charge in [0.1, 0.15) is 0 Å². The van der Waals surface area contributed by atoms with Crippen molar-refractivity contribution >= 4 is 15.9 Å². The second-order valence-electron chi connectivity index (χ2n) is 6.80. The van der Waals surface area contributed by atoms with Crippen molar-refractivity contribution in [1.29, 1.82) is 0 Å². The van der Waals surface area contributed by atoms with Crippen molar-refractivity contribution in [3.8, 4) is 11.5 Å². The normalized spacial score (nSPS) is 11.2. The van der Waals surface area contributed by atoms with E-state index in [1.54, 1.807) is 17.0 Å². The van der Waals surface area contributed by atoms with E-state index in [0.29, 0.717) is 49.8 Å². The molecule has 0 radical (unpaired) electrons. The van der Waals surface area contributed by atoms with Gasteiger partial charge in [-0.3, -0.25) is 4.79 Å². The molecule has 0 saturated carbocycles. The molecule has 1 amide bonds. The molecule has 0 bridgehead atoms. The smallest absolute Gasteiger partial charge is 0.253 e. The summed E-state index contributed by atoms with van der Waals surface area (Å²) < 4.78 is 39.0. The van der Waals surface area contributed by atoms with Gasteiger partial charge in [0.25, 0.3) is 5.91 Å². The molecule has 0 unspecified atom stereocenters. The molecule has 170 valence electrons. The fraction of sp³-hybridized carbons (Fsp3) is 0.435. The first kappa shape index (κ1) is 24.7. The summed E-state index contributed by atoms with van der Waals surface area (Å²) in [6.45, 7) is 10.1. The minimum absolute atomic E-state index is 0.109. The van der Waals surface area contributed by atoms with E-state index in [0.717, 1.165) is 5.56 Å². The first-order valence-electron chi connectivity index (χ1n) is 10.6. The molecular formula is C23H32N2O5S. The lowest BCUT2D eigenvalue weighted by Gasteiger charge is -2.18. The van der Waals surface area contributed by atoms with E-state index < -0.39 is 10.0 Å². The largest absolute Gasteiger partial charge is 0.490 e. The number of nitrogens with one attached hydrogen (secondary N) is 1. The summed E-state index contributed by atoms with van der Waals surface area (Å²) in [6.07, 6.45) is 0.504. The second-order valence-corrected chi connectivity index (χ2v) is 8.56. The molecule has 31 heavy (non-hydrogen) atoms. The molecule has 0 atom stereocenters. The van der Waals surface area contributed by atoms with Gasteiger partial charge >= 0.3 is 0 Å². The van der Waals surface area contributed by atoms with Crippen molar-refractivity contribution in [2.45, 2.75) is 39.0 Å². The standard InChI is InChI=1S/C23H32N2O5S/c1-5-25(6-2)23(26)19-10-12-20(13-11-19)31(27,28)24-16-15-18-9-14-21(29-7-3)22(17-18)30-8-4/h9-14,17,24H,5-8,15-16H2,1-4H3. The van der Waals surface area contributed by atoms with Crippen LogP contribution in [0.1, 0.15) is 43.6 Å². The molecule has 1 N–H and O–H groups in total. The van der Waals surface area contributed by atoms with Gasteiger partial charge in [0, 0.05) is 25.2 Å². The topological polar surface area (TPSA) is 84.9 Å². The lowest BCUT2D eigenvalue weighted by atomic mass is 10.1. The molecule has 0 fully saturated rings. The number of sulfonamides is 1. The molecule has 0 aliphatic carbocycles. The highest BCUT2D eigenvalue weighted by Gasteiger charge is 2.17. The van der Waals surface area contributed by atoms with Gasteiger partial charge in [0.15, 0.2) is 11.5 Å². The van der Waals surface area contributed by atoms with Crippen molar-refractivity contribution in [2.24, 2.45) is 0 Å². The van der Waals surface area contributed by atoms with Gasteiger partial charge in [-0.15, -0.1) is 0 Å². The van der Waals surface area contributed by atoms with Crippen molar-refractivity contribution in [2.75, 3.05) is 32.8 Å². The zero-order valence-electron chi connectivity index (χ0n) is 18.7. The van der Waals surface area contributed by atoms with Crippen molar-refractivity contribution in [1.82, 2.24) is 9.62 Å². The van der Waals surface area contributed by atoms with Crippen LogP contribution in [-0.2, 0) is 16.4 Å². The lowest BCUT2D eigenvalue weighted by Crippen LogP contribution is -2.30. The van der Waals surface area contributed by atoms with Crippen LogP contribution in [0.4, 0.5) is 0 Å². The first-order valence-corrected chi connectivity index (χ1v) is 12.1. The van der Waals surface area contributed by atoms with E-state index in [1.165, 1.54) is 12.1 Å². The Balaban J connectivity index is 2.02. The Bertz CT molecular complexity index is 954.